The molecule has 1 aliphatic heterocycles. The molecule has 1 fully saturated rings. The molecular weight excluding hydrogens is 327 g/mol. The first-order valence-corrected chi connectivity index (χ1v) is 8.44. The van der Waals surface area contributed by atoms with Crippen molar-refractivity contribution in [2.75, 3.05) is 17.2 Å². The third kappa shape index (κ3) is 6.70. The molecule has 1 heterocycles. The number of anilines is 2. The van der Waals surface area contributed by atoms with Gasteiger partial charge in [0, 0.05) is 18.7 Å². The second kappa shape index (κ2) is 8.29. The number of hydrogen-bond acceptors (Lipinski definition) is 4. The van der Waals surface area contributed by atoms with E-state index in [1.54, 1.807) is 20.8 Å². The van der Waals surface area contributed by atoms with Crippen LogP contribution in [0.2, 0.25) is 0 Å². The largest absolute Gasteiger partial charge is 0.444 e. The lowest BCUT2D eigenvalue weighted by molar-refractivity contribution is -0.116. The Bertz CT molecular complexity index is 622. The molecule has 2 rings (SSSR count). The van der Waals surface area contributed by atoms with E-state index < -0.39 is 17.5 Å². The highest BCUT2D eigenvalue weighted by molar-refractivity contribution is 5.92. The van der Waals surface area contributed by atoms with E-state index in [-0.39, 0.29) is 17.7 Å². The topological polar surface area (TPSA) is 76.7 Å². The minimum Gasteiger partial charge on any atom is -0.444 e. The molecule has 0 saturated carbocycles. The molecule has 1 atom stereocenters. The molecular formula is C18H25FN2O4. The zero-order chi connectivity index (χ0) is 18.4. The summed E-state index contributed by atoms with van der Waals surface area (Å²) >= 11 is 0. The zero-order valence-corrected chi connectivity index (χ0v) is 14.9. The SMILES string of the molecule is CC(C)(C)OC(=O)Nc1cc(NC(=O)CC[C@H]2CCCO2)ccc1F. The first-order chi connectivity index (χ1) is 11.7. The van der Waals surface area contributed by atoms with Gasteiger partial charge >= 0.3 is 6.09 Å². The number of halogens is 1. The maximum atomic E-state index is 13.9. The Balaban J connectivity index is 1.90. The van der Waals surface area contributed by atoms with E-state index in [0.717, 1.165) is 19.4 Å². The van der Waals surface area contributed by atoms with Crippen LogP contribution in [0.4, 0.5) is 20.6 Å². The molecule has 138 valence electrons. The lowest BCUT2D eigenvalue weighted by atomic mass is 10.1. The molecule has 0 aliphatic carbocycles. The van der Waals surface area contributed by atoms with E-state index in [9.17, 15) is 14.0 Å². The number of nitrogens with one attached hydrogen (secondary N) is 2. The fourth-order valence-electron chi connectivity index (χ4n) is 2.50. The number of amides is 2. The molecule has 25 heavy (non-hydrogen) atoms. The zero-order valence-electron chi connectivity index (χ0n) is 14.9. The number of carbonyl (C=O) groups excluding carboxylic acids is 2. The summed E-state index contributed by atoms with van der Waals surface area (Å²) < 4.78 is 24.4. The van der Waals surface area contributed by atoms with Crippen LogP contribution in [0.25, 0.3) is 0 Å². The highest BCUT2D eigenvalue weighted by Crippen LogP contribution is 2.22. The first kappa shape index (κ1) is 19.2. The van der Waals surface area contributed by atoms with Crippen LogP contribution in [0.5, 0.6) is 0 Å². The number of carbonyl (C=O) groups is 2. The van der Waals surface area contributed by atoms with E-state index in [4.69, 9.17) is 9.47 Å². The molecule has 1 aromatic rings. The molecule has 1 aromatic carbocycles. The molecule has 0 aromatic heterocycles. The minimum absolute atomic E-state index is 0.0498. The molecule has 2 amide bonds. The normalized spacial score (nSPS) is 17.2. The number of benzene rings is 1. The van der Waals surface area contributed by atoms with Crippen LogP contribution < -0.4 is 10.6 Å². The fourth-order valence-corrected chi connectivity index (χ4v) is 2.50. The van der Waals surface area contributed by atoms with Gasteiger partial charge in [0.15, 0.2) is 0 Å². The van der Waals surface area contributed by atoms with Gasteiger partial charge in [0.1, 0.15) is 11.4 Å². The number of ether oxygens (including phenoxy) is 2. The Kier molecular flexibility index (Phi) is 6.36. The maximum Gasteiger partial charge on any atom is 0.412 e. The van der Waals surface area contributed by atoms with Crippen LogP contribution in [0.3, 0.4) is 0 Å². The van der Waals surface area contributed by atoms with Crippen molar-refractivity contribution in [1.29, 1.82) is 0 Å². The van der Waals surface area contributed by atoms with Gasteiger partial charge in [0.05, 0.1) is 11.8 Å². The molecule has 0 radical (unpaired) electrons. The molecule has 1 saturated heterocycles. The smallest absolute Gasteiger partial charge is 0.412 e. The number of rotatable bonds is 5. The summed E-state index contributed by atoms with van der Waals surface area (Å²) in [4.78, 5) is 23.8. The van der Waals surface area contributed by atoms with Gasteiger partial charge in [0.2, 0.25) is 5.91 Å². The Morgan fingerprint density at radius 2 is 2.08 bits per heavy atom. The van der Waals surface area contributed by atoms with Crippen molar-refractivity contribution in [1.82, 2.24) is 0 Å². The maximum absolute atomic E-state index is 13.9. The van der Waals surface area contributed by atoms with Gasteiger partial charge in [-0.05, 0) is 58.2 Å². The summed E-state index contributed by atoms with van der Waals surface area (Å²) in [5, 5.41) is 5.05. The lowest BCUT2D eigenvalue weighted by Crippen LogP contribution is -2.27. The fraction of sp³-hybridized carbons (Fsp3) is 0.556. The second-order valence-corrected chi connectivity index (χ2v) is 7.04. The summed E-state index contributed by atoms with van der Waals surface area (Å²) in [6.45, 7) is 5.90. The molecule has 2 N–H and O–H groups in total. The molecule has 0 spiro atoms. The summed E-state index contributed by atoms with van der Waals surface area (Å²) in [7, 11) is 0. The van der Waals surface area contributed by atoms with Crippen molar-refractivity contribution in [3.05, 3.63) is 24.0 Å². The Morgan fingerprint density at radius 1 is 1.32 bits per heavy atom. The van der Waals surface area contributed by atoms with Crippen LogP contribution in [-0.2, 0) is 14.3 Å². The van der Waals surface area contributed by atoms with Crippen molar-refractivity contribution in [2.24, 2.45) is 0 Å². The third-order valence-electron chi connectivity index (χ3n) is 3.60. The lowest BCUT2D eigenvalue weighted by Gasteiger charge is -2.20. The second-order valence-electron chi connectivity index (χ2n) is 7.04. The van der Waals surface area contributed by atoms with Crippen molar-refractivity contribution >= 4 is 23.4 Å². The van der Waals surface area contributed by atoms with Gasteiger partial charge in [0.25, 0.3) is 0 Å². The Hall–Kier alpha value is -2.15. The van der Waals surface area contributed by atoms with Crippen molar-refractivity contribution in [3.8, 4) is 0 Å². The first-order valence-electron chi connectivity index (χ1n) is 8.44. The Morgan fingerprint density at radius 3 is 2.72 bits per heavy atom. The van der Waals surface area contributed by atoms with Crippen LogP contribution in [0, 0.1) is 5.82 Å². The van der Waals surface area contributed by atoms with Gasteiger partial charge < -0.3 is 14.8 Å². The molecule has 6 nitrogen and oxygen atoms in total. The van der Waals surface area contributed by atoms with Gasteiger partial charge in [-0.25, -0.2) is 9.18 Å². The van der Waals surface area contributed by atoms with E-state index in [1.807, 2.05) is 0 Å². The summed E-state index contributed by atoms with van der Waals surface area (Å²) in [6.07, 6.45) is 2.39. The van der Waals surface area contributed by atoms with Crippen molar-refractivity contribution < 1.29 is 23.5 Å². The molecule has 7 heteroatoms. The van der Waals surface area contributed by atoms with Gasteiger partial charge in [-0.15, -0.1) is 0 Å². The van der Waals surface area contributed by atoms with E-state index in [2.05, 4.69) is 10.6 Å². The van der Waals surface area contributed by atoms with Crippen molar-refractivity contribution in [2.45, 2.75) is 58.2 Å². The molecule has 0 bridgehead atoms. The van der Waals surface area contributed by atoms with Crippen LogP contribution in [0.15, 0.2) is 18.2 Å². The minimum atomic E-state index is -0.756. The van der Waals surface area contributed by atoms with Crippen LogP contribution in [-0.4, -0.2) is 30.3 Å². The molecule has 1 aliphatic rings. The summed E-state index contributed by atoms with van der Waals surface area (Å²) in [5.41, 5.74) is -0.328. The highest BCUT2D eigenvalue weighted by atomic mass is 19.1. The quantitative estimate of drug-likeness (QED) is 0.837. The average molecular weight is 352 g/mol. The monoisotopic (exact) mass is 352 g/mol. The van der Waals surface area contributed by atoms with Gasteiger partial charge in [-0.3, -0.25) is 10.1 Å². The van der Waals surface area contributed by atoms with E-state index in [0.29, 0.717) is 18.5 Å². The average Bonchev–Trinajstić information content (AvgIpc) is 3.00. The number of hydrogen-bond donors (Lipinski definition) is 2. The third-order valence-corrected chi connectivity index (χ3v) is 3.60. The van der Waals surface area contributed by atoms with Crippen molar-refractivity contribution in [3.63, 3.8) is 0 Å². The van der Waals surface area contributed by atoms with Gasteiger partial charge in [-0.2, -0.15) is 0 Å². The molecule has 0 unspecified atom stereocenters. The predicted molar refractivity (Wildman–Crippen MR) is 93.1 cm³/mol. The highest BCUT2D eigenvalue weighted by Gasteiger charge is 2.19. The van der Waals surface area contributed by atoms with Crippen LogP contribution >= 0.6 is 0 Å². The standard InChI is InChI=1S/C18H25FN2O4/c1-18(2,3)25-17(23)21-15-11-12(6-8-14(15)19)20-16(22)9-7-13-5-4-10-24-13/h6,8,11,13H,4-5,7,9-10H2,1-3H3,(H,20,22)(H,21,23)/t13-/m1/s1. The predicted octanol–water partition coefficient (Wildman–Crippen LogP) is 4.07. The van der Waals surface area contributed by atoms with Crippen LogP contribution in [0.1, 0.15) is 46.5 Å². The summed E-state index contributed by atoms with van der Waals surface area (Å²) in [6, 6.07) is 3.99. The van der Waals surface area contributed by atoms with Gasteiger partial charge in [-0.1, -0.05) is 0 Å². The van der Waals surface area contributed by atoms with E-state index >= 15 is 0 Å². The van der Waals surface area contributed by atoms with E-state index in [1.165, 1.54) is 18.2 Å². The Labute approximate surface area is 147 Å². The summed E-state index contributed by atoms with van der Waals surface area (Å²) in [5.74, 6) is -0.784.